The van der Waals surface area contributed by atoms with Crippen LogP contribution >= 0.6 is 0 Å². The third-order valence-electron chi connectivity index (χ3n) is 5.73. The first-order valence-corrected chi connectivity index (χ1v) is 15.7. The minimum atomic E-state index is -1.24. The van der Waals surface area contributed by atoms with Crippen LogP contribution in [0.25, 0.3) is 10.9 Å². The number of hydrogen-bond acceptors (Lipinski definition) is 7. The van der Waals surface area contributed by atoms with Crippen LogP contribution in [0.3, 0.4) is 0 Å². The Morgan fingerprint density at radius 1 is 1.11 bits per heavy atom. The van der Waals surface area contributed by atoms with Crippen molar-refractivity contribution in [1.29, 1.82) is 0 Å². The monoisotopic (exact) mass is 520 g/mol. The van der Waals surface area contributed by atoms with Crippen molar-refractivity contribution in [2.45, 2.75) is 45.6 Å². The number of benzene rings is 1. The molecule has 4 aromatic rings. The van der Waals surface area contributed by atoms with E-state index in [1.165, 1.54) is 11.1 Å². The Kier molecular flexibility index (Phi) is 7.99. The third-order valence-corrected chi connectivity index (χ3v) is 7.44. The molecule has 0 spiro atoms. The molecule has 0 fully saturated rings. The minimum Gasteiger partial charge on any atom is -0.383 e. The molecule has 194 valence electrons. The molecule has 1 aromatic carbocycles. The van der Waals surface area contributed by atoms with Gasteiger partial charge in [-0.3, -0.25) is 14.3 Å². The lowest BCUT2D eigenvalue weighted by molar-refractivity contribution is -0.145. The van der Waals surface area contributed by atoms with Crippen molar-refractivity contribution < 1.29 is 14.3 Å². The first-order chi connectivity index (χ1) is 17.7. The summed E-state index contributed by atoms with van der Waals surface area (Å²) in [6, 6.07) is 12.2. The zero-order valence-corrected chi connectivity index (χ0v) is 22.3. The number of carbonyl (C=O) groups excluding carboxylic acids is 2. The zero-order chi connectivity index (χ0) is 26.4. The molecule has 0 aliphatic rings. The number of pyridine rings is 1. The molecule has 0 atom stereocenters. The average Bonchev–Trinajstić information content (AvgIpc) is 3.53. The van der Waals surface area contributed by atoms with Crippen molar-refractivity contribution in [3.05, 3.63) is 66.7 Å². The maximum Gasteiger partial charge on any atom is 0.314 e. The van der Waals surface area contributed by atoms with E-state index in [9.17, 15) is 9.59 Å². The van der Waals surface area contributed by atoms with Crippen molar-refractivity contribution in [2.75, 3.05) is 17.7 Å². The van der Waals surface area contributed by atoms with Crippen LogP contribution in [0, 0.1) is 0 Å². The fraction of sp³-hybridized carbons (Fsp3) is 0.320. The number of nitrogens with two attached hydrogens (primary N) is 1. The molecule has 0 saturated carbocycles. The minimum absolute atomic E-state index is 0.117. The molecule has 0 saturated heterocycles. The average molecular weight is 521 g/mol. The molecule has 0 aliphatic carbocycles. The van der Waals surface area contributed by atoms with E-state index in [4.69, 9.17) is 10.5 Å². The summed E-state index contributed by atoms with van der Waals surface area (Å²) < 4.78 is 9.05. The molecular formula is C25H32N8O3Si. The zero-order valence-electron chi connectivity index (χ0n) is 21.3. The molecule has 0 radical (unpaired) electrons. The third kappa shape index (κ3) is 6.80. The fourth-order valence-electron chi connectivity index (χ4n) is 3.71. The van der Waals surface area contributed by atoms with Gasteiger partial charge in [0.25, 0.3) is 0 Å². The largest absolute Gasteiger partial charge is 0.383 e. The summed E-state index contributed by atoms with van der Waals surface area (Å²) in [5.41, 5.74) is 7.81. The van der Waals surface area contributed by atoms with Crippen molar-refractivity contribution in [3.63, 3.8) is 0 Å². The molecular weight excluding hydrogens is 488 g/mol. The molecule has 11 nitrogen and oxygen atoms in total. The number of aromatic nitrogens is 5. The summed E-state index contributed by atoms with van der Waals surface area (Å²) in [5, 5.41) is 11.8. The van der Waals surface area contributed by atoms with Crippen LogP contribution in [0.4, 0.5) is 11.5 Å². The van der Waals surface area contributed by atoms with E-state index in [0.717, 1.165) is 11.6 Å². The van der Waals surface area contributed by atoms with Crippen LogP contribution in [0.5, 0.6) is 0 Å². The van der Waals surface area contributed by atoms with E-state index in [2.05, 4.69) is 40.1 Å². The Bertz CT molecular complexity index is 1350. The molecule has 0 unspecified atom stereocenters. The second-order valence-electron chi connectivity index (χ2n) is 9.94. The topological polar surface area (TPSA) is 133 Å². The van der Waals surface area contributed by atoms with Gasteiger partial charge in [-0.25, -0.2) is 9.67 Å². The van der Waals surface area contributed by atoms with Crippen molar-refractivity contribution >= 4 is 42.3 Å². The van der Waals surface area contributed by atoms with Gasteiger partial charge in [-0.15, -0.1) is 0 Å². The number of carbonyl (C=O) groups is 2. The van der Waals surface area contributed by atoms with E-state index in [1.807, 2.05) is 30.3 Å². The van der Waals surface area contributed by atoms with Gasteiger partial charge in [0.1, 0.15) is 19.2 Å². The lowest BCUT2D eigenvalue weighted by atomic mass is 10.2. The molecule has 3 heterocycles. The molecule has 2 amide bonds. The van der Waals surface area contributed by atoms with Gasteiger partial charge < -0.3 is 20.7 Å². The highest BCUT2D eigenvalue weighted by Crippen LogP contribution is 2.26. The first kappa shape index (κ1) is 26.0. The number of hydrogen-bond donors (Lipinski definition) is 2. The van der Waals surface area contributed by atoms with Crippen LogP contribution < -0.4 is 11.1 Å². The lowest BCUT2D eigenvalue weighted by Crippen LogP contribution is -2.40. The van der Waals surface area contributed by atoms with Gasteiger partial charge >= 0.3 is 11.8 Å². The maximum atomic E-state index is 13.3. The Balaban J connectivity index is 1.53. The molecule has 12 heteroatoms. The quantitative estimate of drug-likeness (QED) is 0.186. The number of anilines is 2. The molecule has 3 aromatic heterocycles. The number of nitrogens with one attached hydrogen (secondary N) is 1. The van der Waals surface area contributed by atoms with Crippen LogP contribution in [0.1, 0.15) is 5.56 Å². The van der Waals surface area contributed by atoms with Crippen LogP contribution in [-0.2, 0) is 34.3 Å². The second kappa shape index (κ2) is 11.4. The smallest absolute Gasteiger partial charge is 0.314 e. The summed E-state index contributed by atoms with van der Waals surface area (Å²) in [6.07, 6.45) is 6.36. The highest BCUT2D eigenvalue weighted by atomic mass is 28.3. The number of nitrogen functional groups attached to an aromatic ring is 1. The first-order valence-electron chi connectivity index (χ1n) is 12.0. The van der Waals surface area contributed by atoms with Gasteiger partial charge in [-0.05, 0) is 17.7 Å². The Labute approximate surface area is 216 Å². The highest BCUT2D eigenvalue weighted by Gasteiger charge is 2.25. The number of fused-ring (bicyclic) bond motifs is 1. The Morgan fingerprint density at radius 3 is 2.59 bits per heavy atom. The predicted octanol–water partition coefficient (Wildman–Crippen LogP) is 3.15. The summed E-state index contributed by atoms with van der Waals surface area (Å²) in [6.45, 7) is 8.00. The summed E-state index contributed by atoms with van der Waals surface area (Å²) >= 11 is 0. The summed E-state index contributed by atoms with van der Waals surface area (Å²) in [7, 11) is -1.24. The van der Waals surface area contributed by atoms with Crippen LogP contribution in [0.15, 0.2) is 61.2 Å². The van der Waals surface area contributed by atoms with Crippen LogP contribution in [-0.4, -0.2) is 55.9 Å². The lowest BCUT2D eigenvalue weighted by Gasteiger charge is -2.22. The molecule has 37 heavy (non-hydrogen) atoms. The van der Waals surface area contributed by atoms with Crippen LogP contribution in [0.2, 0.25) is 25.7 Å². The number of amides is 2. The van der Waals surface area contributed by atoms with Crippen molar-refractivity contribution in [2.24, 2.45) is 0 Å². The van der Waals surface area contributed by atoms with Gasteiger partial charge in [0.15, 0.2) is 0 Å². The number of ether oxygens (including phenoxy) is 1. The Morgan fingerprint density at radius 2 is 1.89 bits per heavy atom. The predicted molar refractivity (Wildman–Crippen MR) is 144 cm³/mol. The number of nitrogens with zero attached hydrogens (tertiary/aromatic N) is 6. The van der Waals surface area contributed by atoms with E-state index >= 15 is 0 Å². The second-order valence-corrected chi connectivity index (χ2v) is 15.6. The van der Waals surface area contributed by atoms with Gasteiger partial charge in [-0.1, -0.05) is 50.0 Å². The van der Waals surface area contributed by atoms with Gasteiger partial charge in [0, 0.05) is 33.6 Å². The van der Waals surface area contributed by atoms with Gasteiger partial charge in [0.05, 0.1) is 29.0 Å². The fourth-order valence-corrected chi connectivity index (χ4v) is 4.47. The molecule has 0 bridgehead atoms. The van der Waals surface area contributed by atoms with Crippen molar-refractivity contribution in [3.8, 4) is 0 Å². The van der Waals surface area contributed by atoms with E-state index < -0.39 is 19.9 Å². The van der Waals surface area contributed by atoms with Gasteiger partial charge in [-0.2, -0.15) is 10.2 Å². The molecule has 0 aliphatic heterocycles. The Hall–Kier alpha value is -4.03. The summed E-state index contributed by atoms with van der Waals surface area (Å²) in [4.78, 5) is 32.0. The standard InChI is InChI=1S/C25H32N8O3Si/c1-37(2,3)13-12-36-18-33-22-20(14-29-33)23(26)27-15-21(22)30-24(34)25(35)31(17-32-11-7-10-28-32)16-19-8-5-4-6-9-19/h4-11,14-15H,12-13,16-18H2,1-3H3,(H2,26,27)(H,30,34). The maximum absolute atomic E-state index is 13.3. The normalized spacial score (nSPS) is 11.5. The van der Waals surface area contributed by atoms with E-state index in [-0.39, 0.29) is 25.8 Å². The van der Waals surface area contributed by atoms with Crippen molar-refractivity contribution in [1.82, 2.24) is 29.4 Å². The molecule has 3 N–H and O–H groups in total. The number of rotatable bonds is 10. The van der Waals surface area contributed by atoms with Gasteiger partial charge in [0.2, 0.25) is 0 Å². The van der Waals surface area contributed by atoms with E-state index in [0.29, 0.717) is 23.2 Å². The highest BCUT2D eigenvalue weighted by molar-refractivity contribution is 6.76. The van der Waals surface area contributed by atoms with E-state index in [1.54, 1.807) is 34.0 Å². The summed E-state index contributed by atoms with van der Waals surface area (Å²) in [5.74, 6) is -1.23. The SMILES string of the molecule is C[Si](C)(C)CCOCn1ncc2c(N)ncc(NC(=O)C(=O)N(Cc3ccccc3)Cn3cccn3)c21. The molecule has 4 rings (SSSR count).